The lowest BCUT2D eigenvalue weighted by atomic mass is 10.2. The van der Waals surface area contributed by atoms with E-state index in [1.807, 2.05) is 14.0 Å². The lowest BCUT2D eigenvalue weighted by Gasteiger charge is -2.26. The summed E-state index contributed by atoms with van der Waals surface area (Å²) in [5.74, 6) is -0.141. The van der Waals surface area contributed by atoms with Crippen LogP contribution in [0.15, 0.2) is 0 Å². The van der Waals surface area contributed by atoms with Crippen LogP contribution in [0.2, 0.25) is 0 Å². The van der Waals surface area contributed by atoms with Gasteiger partial charge in [-0.25, -0.2) is 0 Å². The molecule has 0 saturated heterocycles. The minimum absolute atomic E-state index is 0.141. The maximum atomic E-state index is 11.7. The van der Waals surface area contributed by atoms with Gasteiger partial charge in [0.25, 0.3) is 0 Å². The molecule has 4 heteroatoms. The van der Waals surface area contributed by atoms with Crippen LogP contribution in [-0.2, 0) is 9.53 Å². The van der Waals surface area contributed by atoms with Crippen molar-refractivity contribution >= 4 is 5.97 Å². The van der Waals surface area contributed by atoms with Crippen molar-refractivity contribution in [3.05, 3.63) is 0 Å². The Balaban J connectivity index is 4.25. The van der Waals surface area contributed by atoms with E-state index in [0.29, 0.717) is 6.61 Å². The van der Waals surface area contributed by atoms with Gasteiger partial charge in [-0.1, -0.05) is 26.7 Å². The summed E-state index contributed by atoms with van der Waals surface area (Å²) in [5, 5.41) is 3.05. The lowest BCUT2D eigenvalue weighted by Crippen LogP contribution is -2.46. The van der Waals surface area contributed by atoms with E-state index in [9.17, 15) is 4.79 Å². The fourth-order valence-electron chi connectivity index (χ4n) is 1.84. The Labute approximate surface area is 112 Å². The van der Waals surface area contributed by atoms with E-state index >= 15 is 0 Å². The predicted molar refractivity (Wildman–Crippen MR) is 75.7 cm³/mol. The molecule has 0 aliphatic heterocycles. The summed E-state index contributed by atoms with van der Waals surface area (Å²) < 4.78 is 5.08. The Morgan fingerprint density at radius 3 is 2.11 bits per heavy atom. The standard InChI is InChI=1S/C14H30N2O2/c1-5-8-10-16(11-9-6-2)12-13(15-4)14(17)18-7-3/h13,15H,5-12H2,1-4H3. The molecule has 0 fully saturated rings. The molecule has 0 aliphatic carbocycles. The quantitative estimate of drug-likeness (QED) is 0.576. The number of ether oxygens (including phenoxy) is 1. The zero-order chi connectivity index (χ0) is 13.8. The summed E-state index contributed by atoms with van der Waals surface area (Å²) in [7, 11) is 1.82. The minimum Gasteiger partial charge on any atom is -0.465 e. The Kier molecular flexibility index (Phi) is 11.1. The van der Waals surface area contributed by atoms with Crippen LogP contribution < -0.4 is 5.32 Å². The third-order valence-electron chi connectivity index (χ3n) is 3.02. The van der Waals surface area contributed by atoms with E-state index in [1.165, 1.54) is 25.7 Å². The fraction of sp³-hybridized carbons (Fsp3) is 0.929. The third kappa shape index (κ3) is 7.67. The molecule has 0 aromatic rings. The van der Waals surface area contributed by atoms with Crippen LogP contribution in [0.4, 0.5) is 0 Å². The number of carbonyl (C=O) groups is 1. The molecule has 0 saturated carbocycles. The molecule has 0 bridgehead atoms. The van der Waals surface area contributed by atoms with Gasteiger partial charge in [0.05, 0.1) is 6.61 Å². The largest absolute Gasteiger partial charge is 0.465 e. The summed E-state index contributed by atoms with van der Waals surface area (Å²) in [6.45, 7) is 9.55. The topological polar surface area (TPSA) is 41.6 Å². The maximum absolute atomic E-state index is 11.7. The van der Waals surface area contributed by atoms with Crippen molar-refractivity contribution < 1.29 is 9.53 Å². The summed E-state index contributed by atoms with van der Waals surface area (Å²) >= 11 is 0. The van der Waals surface area contributed by atoms with Crippen molar-refractivity contribution in [1.82, 2.24) is 10.2 Å². The van der Waals surface area contributed by atoms with Gasteiger partial charge in [0.1, 0.15) is 6.04 Å². The molecular formula is C14H30N2O2. The van der Waals surface area contributed by atoms with E-state index in [-0.39, 0.29) is 12.0 Å². The van der Waals surface area contributed by atoms with Gasteiger partial charge in [-0.2, -0.15) is 0 Å². The molecule has 0 aromatic carbocycles. The van der Waals surface area contributed by atoms with Gasteiger partial charge in [-0.3, -0.25) is 4.79 Å². The number of unbranched alkanes of at least 4 members (excludes halogenated alkanes) is 2. The SMILES string of the molecule is CCCCN(CCCC)CC(NC)C(=O)OCC. The molecule has 0 aromatic heterocycles. The second-order valence-electron chi connectivity index (χ2n) is 4.60. The summed E-state index contributed by atoms with van der Waals surface area (Å²) in [6, 6.07) is -0.210. The van der Waals surface area contributed by atoms with E-state index in [0.717, 1.165) is 19.6 Å². The average molecular weight is 258 g/mol. The van der Waals surface area contributed by atoms with Crippen molar-refractivity contribution in [2.45, 2.75) is 52.5 Å². The summed E-state index contributed by atoms with van der Waals surface area (Å²) in [4.78, 5) is 14.1. The monoisotopic (exact) mass is 258 g/mol. The van der Waals surface area contributed by atoms with Gasteiger partial charge in [-0.15, -0.1) is 0 Å². The number of likely N-dealkylation sites (N-methyl/N-ethyl adjacent to an activating group) is 1. The first kappa shape index (κ1) is 17.4. The van der Waals surface area contributed by atoms with E-state index in [1.54, 1.807) is 0 Å². The first-order chi connectivity index (χ1) is 8.69. The number of nitrogens with one attached hydrogen (secondary N) is 1. The number of rotatable bonds is 11. The second kappa shape index (κ2) is 11.5. The van der Waals surface area contributed by atoms with Crippen molar-refractivity contribution in [1.29, 1.82) is 0 Å². The van der Waals surface area contributed by atoms with E-state index < -0.39 is 0 Å². The van der Waals surface area contributed by atoms with Crippen LogP contribution in [0.3, 0.4) is 0 Å². The highest BCUT2D eigenvalue weighted by Crippen LogP contribution is 2.02. The normalized spacial score (nSPS) is 12.7. The van der Waals surface area contributed by atoms with Crippen LogP contribution >= 0.6 is 0 Å². The van der Waals surface area contributed by atoms with Gasteiger partial charge in [0, 0.05) is 6.54 Å². The third-order valence-corrected chi connectivity index (χ3v) is 3.02. The molecule has 1 atom stereocenters. The second-order valence-corrected chi connectivity index (χ2v) is 4.60. The Bertz CT molecular complexity index is 202. The van der Waals surface area contributed by atoms with Gasteiger partial charge in [0.2, 0.25) is 0 Å². The molecule has 1 N–H and O–H groups in total. The Hall–Kier alpha value is -0.610. The zero-order valence-electron chi connectivity index (χ0n) is 12.5. The highest BCUT2D eigenvalue weighted by Gasteiger charge is 2.20. The molecule has 0 heterocycles. The van der Waals surface area contributed by atoms with Crippen molar-refractivity contribution in [2.24, 2.45) is 0 Å². The highest BCUT2D eigenvalue weighted by molar-refractivity contribution is 5.76. The van der Waals surface area contributed by atoms with E-state index in [4.69, 9.17) is 4.74 Å². The molecule has 0 rings (SSSR count). The molecule has 108 valence electrons. The lowest BCUT2D eigenvalue weighted by molar-refractivity contribution is -0.146. The van der Waals surface area contributed by atoms with Crippen LogP contribution in [0.25, 0.3) is 0 Å². The van der Waals surface area contributed by atoms with Crippen molar-refractivity contribution in [2.75, 3.05) is 33.3 Å². The molecule has 0 amide bonds. The first-order valence-electron chi connectivity index (χ1n) is 7.25. The Morgan fingerprint density at radius 2 is 1.72 bits per heavy atom. The average Bonchev–Trinajstić information content (AvgIpc) is 2.38. The fourth-order valence-corrected chi connectivity index (χ4v) is 1.84. The van der Waals surface area contributed by atoms with Gasteiger partial charge >= 0.3 is 5.97 Å². The predicted octanol–water partition coefficient (Wildman–Crippen LogP) is 2.04. The highest BCUT2D eigenvalue weighted by atomic mass is 16.5. The number of esters is 1. The molecule has 0 radical (unpaired) electrons. The van der Waals surface area contributed by atoms with Crippen molar-refractivity contribution in [3.8, 4) is 0 Å². The van der Waals surface area contributed by atoms with Gasteiger partial charge in [0.15, 0.2) is 0 Å². The molecule has 4 nitrogen and oxygen atoms in total. The van der Waals surface area contributed by atoms with E-state index in [2.05, 4.69) is 24.1 Å². The first-order valence-corrected chi connectivity index (χ1v) is 7.25. The summed E-state index contributed by atoms with van der Waals surface area (Å²) in [6.07, 6.45) is 4.74. The molecular weight excluding hydrogens is 228 g/mol. The van der Waals surface area contributed by atoms with Crippen LogP contribution in [0.1, 0.15) is 46.5 Å². The molecule has 1 unspecified atom stereocenters. The van der Waals surface area contributed by atoms with Crippen LogP contribution in [-0.4, -0.2) is 50.2 Å². The zero-order valence-corrected chi connectivity index (χ0v) is 12.5. The van der Waals surface area contributed by atoms with Gasteiger partial charge in [-0.05, 0) is 39.9 Å². The number of hydrogen-bond donors (Lipinski definition) is 1. The van der Waals surface area contributed by atoms with Crippen molar-refractivity contribution in [3.63, 3.8) is 0 Å². The maximum Gasteiger partial charge on any atom is 0.324 e. The summed E-state index contributed by atoms with van der Waals surface area (Å²) in [5.41, 5.74) is 0. The molecule has 18 heavy (non-hydrogen) atoms. The number of hydrogen-bond acceptors (Lipinski definition) is 4. The van der Waals surface area contributed by atoms with Crippen LogP contribution in [0.5, 0.6) is 0 Å². The van der Waals surface area contributed by atoms with Gasteiger partial charge < -0.3 is 15.0 Å². The number of carbonyl (C=O) groups excluding carboxylic acids is 1. The Morgan fingerprint density at radius 1 is 1.17 bits per heavy atom. The van der Waals surface area contributed by atoms with Crippen LogP contribution in [0, 0.1) is 0 Å². The minimum atomic E-state index is -0.210. The number of nitrogens with zero attached hydrogens (tertiary/aromatic N) is 1. The molecule has 0 spiro atoms. The smallest absolute Gasteiger partial charge is 0.324 e. The molecule has 0 aliphatic rings.